The second-order valence-corrected chi connectivity index (χ2v) is 10.1. The molecule has 0 aliphatic carbocycles. The quantitative estimate of drug-likeness (QED) is 0.438. The summed E-state index contributed by atoms with van der Waals surface area (Å²) in [6, 6.07) is 21.2. The Bertz CT molecular complexity index is 1250. The van der Waals surface area contributed by atoms with E-state index in [4.69, 9.17) is 34.8 Å². The molecule has 36 heavy (non-hydrogen) atoms. The third-order valence-electron chi connectivity index (χ3n) is 6.45. The number of carbonyl (C=O) groups is 1. The molecule has 0 spiro atoms. The van der Waals surface area contributed by atoms with Gasteiger partial charge in [0.25, 0.3) is 0 Å². The number of hydrazine groups is 2. The Balaban J connectivity index is 1.33. The maximum Gasteiger partial charge on any atom is 0.227 e. The molecule has 186 valence electrons. The minimum absolute atomic E-state index is 0.0644. The molecule has 2 heterocycles. The zero-order chi connectivity index (χ0) is 25.1. The van der Waals surface area contributed by atoms with Crippen molar-refractivity contribution in [2.24, 2.45) is 0 Å². The summed E-state index contributed by atoms with van der Waals surface area (Å²) in [5, 5.41) is 3.75. The first-order valence-corrected chi connectivity index (χ1v) is 12.9. The summed E-state index contributed by atoms with van der Waals surface area (Å²) < 4.78 is 0. The van der Waals surface area contributed by atoms with Crippen LogP contribution in [0.2, 0.25) is 15.1 Å². The van der Waals surface area contributed by atoms with Crippen molar-refractivity contribution < 1.29 is 4.79 Å². The lowest BCUT2D eigenvalue weighted by molar-refractivity contribution is -0.131. The number of nitrogens with one attached hydrogen (secondary N) is 2. The number of nitrogens with zero attached hydrogens (tertiary/aromatic N) is 3. The summed E-state index contributed by atoms with van der Waals surface area (Å²) >= 11 is 18.9. The van der Waals surface area contributed by atoms with Crippen LogP contribution in [0.5, 0.6) is 0 Å². The van der Waals surface area contributed by atoms with Gasteiger partial charge in [0, 0.05) is 42.4 Å². The van der Waals surface area contributed by atoms with Gasteiger partial charge in [0.05, 0.1) is 28.9 Å². The molecule has 0 radical (unpaired) electrons. The van der Waals surface area contributed by atoms with Crippen molar-refractivity contribution in [1.82, 2.24) is 15.9 Å². The first kappa shape index (κ1) is 24.9. The zero-order valence-corrected chi connectivity index (χ0v) is 21.8. The fourth-order valence-electron chi connectivity index (χ4n) is 4.58. The highest BCUT2D eigenvalue weighted by atomic mass is 35.5. The first-order chi connectivity index (χ1) is 17.5. The Morgan fingerprint density at radius 1 is 0.917 bits per heavy atom. The third kappa shape index (κ3) is 5.64. The molecule has 2 aliphatic heterocycles. The minimum atomic E-state index is -0.0644. The number of anilines is 2. The van der Waals surface area contributed by atoms with E-state index in [1.807, 2.05) is 82.8 Å². The van der Waals surface area contributed by atoms with Gasteiger partial charge in [0.1, 0.15) is 0 Å². The fraction of sp³-hybridized carbons (Fsp3) is 0.222. The second kappa shape index (κ2) is 11.1. The van der Waals surface area contributed by atoms with Gasteiger partial charge in [0.2, 0.25) is 5.91 Å². The molecule has 1 fully saturated rings. The summed E-state index contributed by atoms with van der Waals surface area (Å²) in [6.07, 6.45) is 4.35. The zero-order valence-electron chi connectivity index (χ0n) is 19.5. The molecule has 3 aromatic carbocycles. The van der Waals surface area contributed by atoms with Crippen molar-refractivity contribution in [2.75, 3.05) is 36.1 Å². The van der Waals surface area contributed by atoms with Crippen LogP contribution in [0.4, 0.5) is 11.4 Å². The average Bonchev–Trinajstić information content (AvgIpc) is 2.90. The average molecular weight is 543 g/mol. The third-order valence-corrected chi connectivity index (χ3v) is 7.24. The number of hydrogen-bond acceptors (Lipinski definition) is 5. The molecule has 3 aromatic rings. The normalized spacial score (nSPS) is 18.0. The van der Waals surface area contributed by atoms with E-state index < -0.39 is 0 Å². The Morgan fingerprint density at radius 2 is 1.67 bits per heavy atom. The van der Waals surface area contributed by atoms with Gasteiger partial charge in [-0.3, -0.25) is 9.80 Å². The molecule has 0 aromatic heterocycles. The predicted molar refractivity (Wildman–Crippen MR) is 147 cm³/mol. The number of rotatable bonds is 5. The molecule has 5 rings (SSSR count). The molecule has 0 saturated carbocycles. The Kier molecular flexibility index (Phi) is 7.70. The molecular weight excluding hydrogens is 517 g/mol. The van der Waals surface area contributed by atoms with Gasteiger partial charge < -0.3 is 9.80 Å². The van der Waals surface area contributed by atoms with E-state index in [1.54, 1.807) is 6.07 Å². The maximum atomic E-state index is 13.3. The molecule has 9 heteroatoms. The molecule has 2 N–H and O–H groups in total. The molecule has 6 nitrogen and oxygen atoms in total. The summed E-state index contributed by atoms with van der Waals surface area (Å²) in [4.78, 5) is 17.5. The highest BCUT2D eigenvalue weighted by Crippen LogP contribution is 2.37. The van der Waals surface area contributed by atoms with Crippen LogP contribution in [0.1, 0.15) is 17.2 Å². The van der Waals surface area contributed by atoms with Crippen LogP contribution in [0.3, 0.4) is 0 Å². The van der Waals surface area contributed by atoms with Gasteiger partial charge in [0.15, 0.2) is 0 Å². The Labute approximate surface area is 226 Å². The van der Waals surface area contributed by atoms with E-state index in [-0.39, 0.29) is 11.9 Å². The van der Waals surface area contributed by atoms with Crippen LogP contribution in [0, 0.1) is 0 Å². The van der Waals surface area contributed by atoms with Gasteiger partial charge in [-0.1, -0.05) is 65.1 Å². The molecular formula is C27H26Cl3N5O. The van der Waals surface area contributed by atoms with E-state index in [9.17, 15) is 4.79 Å². The van der Waals surface area contributed by atoms with Crippen molar-refractivity contribution in [1.29, 1.82) is 0 Å². The lowest BCUT2D eigenvalue weighted by Crippen LogP contribution is -2.51. The van der Waals surface area contributed by atoms with Gasteiger partial charge >= 0.3 is 0 Å². The monoisotopic (exact) mass is 541 g/mol. The van der Waals surface area contributed by atoms with Crippen LogP contribution >= 0.6 is 34.8 Å². The lowest BCUT2D eigenvalue weighted by atomic mass is 10.0. The van der Waals surface area contributed by atoms with Crippen molar-refractivity contribution in [3.63, 3.8) is 0 Å². The van der Waals surface area contributed by atoms with Crippen LogP contribution in [-0.2, 0) is 11.2 Å². The number of benzene rings is 3. The summed E-state index contributed by atoms with van der Waals surface area (Å²) in [6.45, 7) is 2.58. The number of carbonyl (C=O) groups excluding carboxylic acids is 1. The van der Waals surface area contributed by atoms with E-state index in [2.05, 4.69) is 15.9 Å². The van der Waals surface area contributed by atoms with Crippen LogP contribution in [0.15, 0.2) is 79.0 Å². The standard InChI is InChI=1S/C27H26Cl3N5O/c28-21-6-4-20(5-7-21)26-18-33(14-15-34(26)25-11-8-22(29)17-24(25)30)27(36)16-19-2-9-23(10-3-19)35-13-1-12-31-32-35/h1-11,13,17,26,31-32H,12,14-16,18H2. The molecule has 1 atom stereocenters. The minimum Gasteiger partial charge on any atom is -0.360 e. The maximum absolute atomic E-state index is 13.3. The van der Waals surface area contributed by atoms with Crippen LogP contribution in [-0.4, -0.2) is 37.0 Å². The topological polar surface area (TPSA) is 50.9 Å². The fourth-order valence-corrected chi connectivity index (χ4v) is 5.22. The molecule has 1 unspecified atom stereocenters. The number of halogens is 3. The van der Waals surface area contributed by atoms with Crippen molar-refractivity contribution >= 4 is 52.1 Å². The van der Waals surface area contributed by atoms with E-state index in [0.29, 0.717) is 41.1 Å². The van der Waals surface area contributed by atoms with E-state index in [1.165, 1.54) is 0 Å². The molecule has 2 aliphatic rings. The largest absolute Gasteiger partial charge is 0.360 e. The van der Waals surface area contributed by atoms with Crippen molar-refractivity contribution in [3.05, 3.63) is 105 Å². The first-order valence-electron chi connectivity index (χ1n) is 11.8. The summed E-state index contributed by atoms with van der Waals surface area (Å²) in [7, 11) is 0. The van der Waals surface area contributed by atoms with Crippen molar-refractivity contribution in [2.45, 2.75) is 12.5 Å². The highest BCUT2D eigenvalue weighted by molar-refractivity contribution is 6.36. The van der Waals surface area contributed by atoms with Gasteiger partial charge in [-0.05, 0) is 53.6 Å². The summed E-state index contributed by atoms with van der Waals surface area (Å²) in [5.41, 5.74) is 10.1. The highest BCUT2D eigenvalue weighted by Gasteiger charge is 2.32. The Hall–Kier alpha value is -2.74. The Morgan fingerprint density at radius 3 is 2.36 bits per heavy atom. The molecule has 1 amide bonds. The number of amides is 1. The molecule has 1 saturated heterocycles. The SMILES string of the molecule is O=C(Cc1ccc(N2C=CCNN2)cc1)N1CCN(c2ccc(Cl)cc2Cl)C(c2ccc(Cl)cc2)C1. The van der Waals surface area contributed by atoms with Gasteiger partial charge in [-0.2, -0.15) is 5.53 Å². The smallest absolute Gasteiger partial charge is 0.227 e. The van der Waals surface area contributed by atoms with Crippen LogP contribution in [0.25, 0.3) is 0 Å². The molecule has 0 bridgehead atoms. The predicted octanol–water partition coefficient (Wildman–Crippen LogP) is 5.62. The lowest BCUT2D eigenvalue weighted by Gasteiger charge is -2.43. The van der Waals surface area contributed by atoms with Crippen LogP contribution < -0.4 is 20.9 Å². The van der Waals surface area contributed by atoms with Crippen molar-refractivity contribution in [3.8, 4) is 0 Å². The van der Waals surface area contributed by atoms with E-state index >= 15 is 0 Å². The van der Waals surface area contributed by atoms with Gasteiger partial charge in [-0.25, -0.2) is 5.43 Å². The number of piperazine rings is 1. The van der Waals surface area contributed by atoms with Gasteiger partial charge in [-0.15, -0.1) is 0 Å². The summed E-state index contributed by atoms with van der Waals surface area (Å²) in [5.74, 6) is 0.0984. The number of hydrogen-bond donors (Lipinski definition) is 2. The van der Waals surface area contributed by atoms with E-state index in [0.717, 1.165) is 29.0 Å². The second-order valence-electron chi connectivity index (χ2n) is 8.79.